The number of rotatable bonds is 4. The lowest BCUT2D eigenvalue weighted by Crippen LogP contribution is -2.19. The Hall–Kier alpha value is -0.940. The van der Waals surface area contributed by atoms with Crippen molar-refractivity contribution in [2.24, 2.45) is 0 Å². The van der Waals surface area contributed by atoms with E-state index in [0.717, 1.165) is 25.9 Å². The number of aliphatic hydroxyl groups is 1. The van der Waals surface area contributed by atoms with Crippen molar-refractivity contribution < 1.29 is 14.4 Å². The topological polar surface area (TPSA) is 68.4 Å². The van der Waals surface area contributed by atoms with Crippen molar-refractivity contribution in [3.63, 3.8) is 0 Å². The number of hydrogen-bond acceptors (Lipinski definition) is 5. The first-order valence-corrected chi connectivity index (χ1v) is 5.42. The highest BCUT2D eigenvalue weighted by Crippen LogP contribution is 2.17. The molecule has 1 aliphatic rings. The van der Waals surface area contributed by atoms with Gasteiger partial charge in [0.2, 0.25) is 5.89 Å². The average molecular weight is 212 g/mol. The summed E-state index contributed by atoms with van der Waals surface area (Å²) < 4.78 is 10.6. The molecule has 15 heavy (non-hydrogen) atoms. The summed E-state index contributed by atoms with van der Waals surface area (Å²) in [6.07, 6.45) is 5.54. The highest BCUT2D eigenvalue weighted by molar-refractivity contribution is 4.85. The number of aromatic nitrogens is 2. The second-order valence-electron chi connectivity index (χ2n) is 3.79. The molecule has 1 unspecified atom stereocenters. The zero-order chi connectivity index (χ0) is 10.5. The molecule has 0 saturated carbocycles. The first-order valence-electron chi connectivity index (χ1n) is 5.42. The molecule has 5 heteroatoms. The van der Waals surface area contributed by atoms with Gasteiger partial charge in [-0.15, -0.1) is 0 Å². The summed E-state index contributed by atoms with van der Waals surface area (Å²) in [4.78, 5) is 4.03. The van der Waals surface area contributed by atoms with Gasteiger partial charge in [0.1, 0.15) is 6.61 Å². The normalized spacial score (nSPS) is 21.8. The van der Waals surface area contributed by atoms with Gasteiger partial charge in [-0.1, -0.05) is 5.16 Å². The molecule has 0 bridgehead atoms. The van der Waals surface area contributed by atoms with Crippen molar-refractivity contribution in [3.8, 4) is 0 Å². The minimum atomic E-state index is -0.163. The Kier molecular flexibility index (Phi) is 3.69. The number of aliphatic hydroxyl groups excluding tert-OH is 1. The van der Waals surface area contributed by atoms with Crippen LogP contribution in [0.2, 0.25) is 0 Å². The number of hydrogen-bond donors (Lipinski definition) is 1. The molecule has 84 valence electrons. The minimum Gasteiger partial charge on any atom is -0.388 e. The Labute approximate surface area is 88.4 Å². The Morgan fingerprint density at radius 2 is 2.33 bits per heavy atom. The van der Waals surface area contributed by atoms with E-state index in [2.05, 4.69) is 10.1 Å². The summed E-state index contributed by atoms with van der Waals surface area (Å²) in [6.45, 7) is 0.708. The Morgan fingerprint density at radius 1 is 1.40 bits per heavy atom. The second kappa shape index (κ2) is 5.23. The van der Waals surface area contributed by atoms with Gasteiger partial charge in [-0.05, 0) is 25.7 Å². The van der Waals surface area contributed by atoms with Crippen molar-refractivity contribution in [1.82, 2.24) is 10.1 Å². The molecule has 0 aliphatic carbocycles. The van der Waals surface area contributed by atoms with Gasteiger partial charge in [0, 0.05) is 13.0 Å². The van der Waals surface area contributed by atoms with Crippen LogP contribution in [-0.2, 0) is 17.8 Å². The third-order valence-electron chi connectivity index (χ3n) is 2.61. The summed E-state index contributed by atoms with van der Waals surface area (Å²) in [5.41, 5.74) is 0. The maximum Gasteiger partial charge on any atom is 0.226 e. The molecule has 1 atom stereocenters. The van der Waals surface area contributed by atoms with Crippen LogP contribution in [0.15, 0.2) is 4.52 Å². The molecule has 0 spiro atoms. The monoisotopic (exact) mass is 212 g/mol. The van der Waals surface area contributed by atoms with Crippen molar-refractivity contribution in [2.75, 3.05) is 6.61 Å². The standard InChI is InChI=1S/C10H16N2O3/c13-7-9-11-10(15-12-9)5-4-8-3-1-2-6-14-8/h8,13H,1-7H2. The molecule has 2 rings (SSSR count). The van der Waals surface area contributed by atoms with Crippen LogP contribution in [0.25, 0.3) is 0 Å². The minimum absolute atomic E-state index is 0.163. The SMILES string of the molecule is OCc1noc(CCC2CCCCO2)n1. The summed E-state index contributed by atoms with van der Waals surface area (Å²) >= 11 is 0. The molecule has 1 fully saturated rings. The third-order valence-corrected chi connectivity index (χ3v) is 2.61. The van der Waals surface area contributed by atoms with E-state index >= 15 is 0 Å². The number of ether oxygens (including phenoxy) is 1. The number of nitrogens with zero attached hydrogens (tertiary/aromatic N) is 2. The molecular weight excluding hydrogens is 196 g/mol. The molecule has 2 heterocycles. The van der Waals surface area contributed by atoms with Crippen LogP contribution >= 0.6 is 0 Å². The molecule has 1 aromatic heterocycles. The van der Waals surface area contributed by atoms with Gasteiger partial charge in [-0.2, -0.15) is 4.98 Å². The van der Waals surface area contributed by atoms with E-state index in [-0.39, 0.29) is 6.61 Å². The predicted molar refractivity (Wildman–Crippen MR) is 52.1 cm³/mol. The molecule has 0 aromatic carbocycles. The Morgan fingerprint density at radius 3 is 3.00 bits per heavy atom. The van der Waals surface area contributed by atoms with Gasteiger partial charge in [0.05, 0.1) is 6.10 Å². The van der Waals surface area contributed by atoms with E-state index in [9.17, 15) is 0 Å². The van der Waals surface area contributed by atoms with Crippen LogP contribution in [0, 0.1) is 0 Å². The maximum atomic E-state index is 8.76. The Bertz CT molecular complexity index is 295. The lowest BCUT2D eigenvalue weighted by molar-refractivity contribution is 0.0104. The Balaban J connectivity index is 1.76. The first-order chi connectivity index (χ1) is 7.38. The van der Waals surface area contributed by atoms with Crippen LogP contribution in [0.5, 0.6) is 0 Å². The smallest absolute Gasteiger partial charge is 0.226 e. The van der Waals surface area contributed by atoms with E-state index in [1.165, 1.54) is 12.8 Å². The summed E-state index contributed by atoms with van der Waals surface area (Å²) in [5, 5.41) is 12.4. The molecular formula is C10H16N2O3. The van der Waals surface area contributed by atoms with E-state index < -0.39 is 0 Å². The van der Waals surface area contributed by atoms with E-state index in [4.69, 9.17) is 14.4 Å². The van der Waals surface area contributed by atoms with Crippen LogP contribution in [0.1, 0.15) is 37.4 Å². The summed E-state index contributed by atoms with van der Waals surface area (Å²) in [6, 6.07) is 0. The number of aryl methyl sites for hydroxylation is 1. The zero-order valence-corrected chi connectivity index (χ0v) is 8.69. The van der Waals surface area contributed by atoms with Crippen LogP contribution in [-0.4, -0.2) is 28.0 Å². The van der Waals surface area contributed by atoms with Crippen LogP contribution in [0.4, 0.5) is 0 Å². The van der Waals surface area contributed by atoms with Crippen molar-refractivity contribution in [1.29, 1.82) is 0 Å². The van der Waals surface area contributed by atoms with Crippen LogP contribution in [0.3, 0.4) is 0 Å². The fourth-order valence-electron chi connectivity index (χ4n) is 1.78. The molecule has 1 saturated heterocycles. The first kappa shape index (κ1) is 10.6. The molecule has 0 amide bonds. The fraction of sp³-hybridized carbons (Fsp3) is 0.800. The second-order valence-corrected chi connectivity index (χ2v) is 3.79. The van der Waals surface area contributed by atoms with Crippen molar-refractivity contribution in [3.05, 3.63) is 11.7 Å². The predicted octanol–water partition coefficient (Wildman–Crippen LogP) is 1.06. The third kappa shape index (κ3) is 3.00. The van der Waals surface area contributed by atoms with E-state index in [1.807, 2.05) is 0 Å². The summed E-state index contributed by atoms with van der Waals surface area (Å²) in [7, 11) is 0. The maximum absolute atomic E-state index is 8.76. The van der Waals surface area contributed by atoms with Crippen molar-refractivity contribution in [2.45, 2.75) is 44.8 Å². The van der Waals surface area contributed by atoms with E-state index in [1.54, 1.807) is 0 Å². The van der Waals surface area contributed by atoms with Crippen molar-refractivity contribution >= 4 is 0 Å². The lowest BCUT2D eigenvalue weighted by Gasteiger charge is -2.21. The molecule has 5 nitrogen and oxygen atoms in total. The largest absolute Gasteiger partial charge is 0.388 e. The highest BCUT2D eigenvalue weighted by Gasteiger charge is 2.15. The van der Waals surface area contributed by atoms with Gasteiger partial charge in [0.25, 0.3) is 0 Å². The molecule has 1 aliphatic heterocycles. The van der Waals surface area contributed by atoms with Crippen LogP contribution < -0.4 is 0 Å². The fourth-order valence-corrected chi connectivity index (χ4v) is 1.78. The van der Waals surface area contributed by atoms with Gasteiger partial charge < -0.3 is 14.4 Å². The van der Waals surface area contributed by atoms with Gasteiger partial charge in [-0.25, -0.2) is 0 Å². The molecule has 1 aromatic rings. The van der Waals surface area contributed by atoms with Gasteiger partial charge in [-0.3, -0.25) is 0 Å². The highest BCUT2D eigenvalue weighted by atomic mass is 16.5. The molecule has 1 N–H and O–H groups in total. The average Bonchev–Trinajstić information content (AvgIpc) is 2.76. The van der Waals surface area contributed by atoms with Gasteiger partial charge >= 0.3 is 0 Å². The quantitative estimate of drug-likeness (QED) is 0.808. The van der Waals surface area contributed by atoms with Gasteiger partial charge in [0.15, 0.2) is 5.82 Å². The lowest BCUT2D eigenvalue weighted by atomic mass is 10.0. The van der Waals surface area contributed by atoms with E-state index in [0.29, 0.717) is 17.8 Å². The zero-order valence-electron chi connectivity index (χ0n) is 8.69. The molecule has 0 radical (unpaired) electrons. The summed E-state index contributed by atoms with van der Waals surface area (Å²) in [5.74, 6) is 0.947.